The predicted octanol–water partition coefficient (Wildman–Crippen LogP) is 2.55. The zero-order chi connectivity index (χ0) is 12.3. The lowest BCUT2D eigenvalue weighted by atomic mass is 10.3. The van der Waals surface area contributed by atoms with Crippen LogP contribution in [-0.4, -0.2) is 20.9 Å². The molecule has 17 heavy (non-hydrogen) atoms. The lowest BCUT2D eigenvalue weighted by Gasteiger charge is -2.03. The molecule has 0 radical (unpaired) electrons. The quantitative estimate of drug-likeness (QED) is 0.696. The molecule has 0 amide bonds. The molecule has 1 N–H and O–H groups in total. The SMILES string of the molecule is CC(C)=CCNCc1cnc2cnc(Br)cn12. The Kier molecular flexibility index (Phi) is 3.91. The van der Waals surface area contributed by atoms with Crippen molar-refractivity contribution in [2.75, 3.05) is 6.54 Å². The third-order valence-electron chi connectivity index (χ3n) is 2.40. The van der Waals surface area contributed by atoms with Gasteiger partial charge in [-0.25, -0.2) is 9.97 Å². The zero-order valence-corrected chi connectivity index (χ0v) is 11.5. The normalized spacial score (nSPS) is 10.8. The summed E-state index contributed by atoms with van der Waals surface area (Å²) in [4.78, 5) is 8.44. The Bertz CT molecular complexity index is 540. The van der Waals surface area contributed by atoms with E-state index in [0.29, 0.717) is 0 Å². The minimum atomic E-state index is 0.793. The van der Waals surface area contributed by atoms with E-state index < -0.39 is 0 Å². The molecule has 0 spiro atoms. The van der Waals surface area contributed by atoms with Crippen molar-refractivity contribution in [3.8, 4) is 0 Å². The Morgan fingerprint density at radius 1 is 1.41 bits per heavy atom. The van der Waals surface area contributed by atoms with Gasteiger partial charge in [0, 0.05) is 19.3 Å². The zero-order valence-electron chi connectivity index (χ0n) is 9.94. The van der Waals surface area contributed by atoms with Gasteiger partial charge in [0.1, 0.15) is 4.60 Å². The lowest BCUT2D eigenvalue weighted by molar-refractivity contribution is 0.730. The molecule has 4 nitrogen and oxygen atoms in total. The van der Waals surface area contributed by atoms with Gasteiger partial charge < -0.3 is 5.32 Å². The molecule has 5 heteroatoms. The van der Waals surface area contributed by atoms with E-state index in [9.17, 15) is 0 Å². The van der Waals surface area contributed by atoms with Crippen LogP contribution in [0.5, 0.6) is 0 Å². The molecular formula is C12H15BrN4. The van der Waals surface area contributed by atoms with E-state index >= 15 is 0 Å². The fourth-order valence-corrected chi connectivity index (χ4v) is 1.83. The van der Waals surface area contributed by atoms with Crippen molar-refractivity contribution in [1.82, 2.24) is 19.7 Å². The Morgan fingerprint density at radius 2 is 2.24 bits per heavy atom. The van der Waals surface area contributed by atoms with Crippen LogP contribution in [0.4, 0.5) is 0 Å². The van der Waals surface area contributed by atoms with Crippen LogP contribution >= 0.6 is 15.9 Å². The molecule has 0 saturated carbocycles. The first kappa shape index (κ1) is 12.3. The monoisotopic (exact) mass is 294 g/mol. The molecule has 90 valence electrons. The molecule has 0 unspecified atom stereocenters. The maximum atomic E-state index is 4.30. The third kappa shape index (κ3) is 3.14. The highest BCUT2D eigenvalue weighted by molar-refractivity contribution is 9.10. The van der Waals surface area contributed by atoms with Gasteiger partial charge in [0.15, 0.2) is 5.65 Å². The van der Waals surface area contributed by atoms with Crippen LogP contribution < -0.4 is 5.32 Å². The molecule has 0 aliphatic carbocycles. The summed E-state index contributed by atoms with van der Waals surface area (Å²) >= 11 is 3.36. The van der Waals surface area contributed by atoms with E-state index in [-0.39, 0.29) is 0 Å². The second kappa shape index (κ2) is 5.42. The van der Waals surface area contributed by atoms with Gasteiger partial charge in [0.2, 0.25) is 0 Å². The van der Waals surface area contributed by atoms with Crippen LogP contribution in [0.25, 0.3) is 5.65 Å². The van der Waals surface area contributed by atoms with Gasteiger partial charge >= 0.3 is 0 Å². The molecule has 0 aliphatic rings. The topological polar surface area (TPSA) is 42.2 Å². The first-order valence-electron chi connectivity index (χ1n) is 5.48. The molecule has 2 heterocycles. The maximum absolute atomic E-state index is 4.30. The van der Waals surface area contributed by atoms with Crippen molar-refractivity contribution in [2.45, 2.75) is 20.4 Å². The molecule has 0 bridgehead atoms. The highest BCUT2D eigenvalue weighted by Gasteiger charge is 2.03. The number of fused-ring (bicyclic) bond motifs is 1. The Balaban J connectivity index is 2.08. The summed E-state index contributed by atoms with van der Waals surface area (Å²) in [7, 11) is 0. The Hall–Kier alpha value is -1.20. The van der Waals surface area contributed by atoms with Gasteiger partial charge in [0.05, 0.1) is 18.1 Å². The van der Waals surface area contributed by atoms with Crippen molar-refractivity contribution >= 4 is 21.6 Å². The fourth-order valence-electron chi connectivity index (χ4n) is 1.52. The number of nitrogens with zero attached hydrogens (tertiary/aromatic N) is 3. The molecular weight excluding hydrogens is 280 g/mol. The van der Waals surface area contributed by atoms with Gasteiger partial charge in [-0.3, -0.25) is 4.40 Å². The van der Waals surface area contributed by atoms with Gasteiger partial charge in [0.25, 0.3) is 0 Å². The number of imidazole rings is 1. The summed E-state index contributed by atoms with van der Waals surface area (Å²) < 4.78 is 2.85. The minimum absolute atomic E-state index is 0.793. The minimum Gasteiger partial charge on any atom is -0.308 e. The van der Waals surface area contributed by atoms with E-state index in [2.05, 4.69) is 51.1 Å². The number of hydrogen-bond acceptors (Lipinski definition) is 3. The summed E-state index contributed by atoms with van der Waals surface area (Å²) in [6.07, 6.45) is 7.73. The number of allylic oxidation sites excluding steroid dienone is 1. The van der Waals surface area contributed by atoms with Crippen LogP contribution in [0.2, 0.25) is 0 Å². The van der Waals surface area contributed by atoms with Crippen molar-refractivity contribution < 1.29 is 0 Å². The van der Waals surface area contributed by atoms with E-state index in [0.717, 1.165) is 29.0 Å². The average molecular weight is 295 g/mol. The second-order valence-electron chi connectivity index (χ2n) is 4.10. The molecule has 2 rings (SSSR count). The summed E-state index contributed by atoms with van der Waals surface area (Å²) in [6, 6.07) is 0. The summed E-state index contributed by atoms with van der Waals surface area (Å²) in [5.74, 6) is 0. The first-order valence-corrected chi connectivity index (χ1v) is 6.27. The van der Waals surface area contributed by atoms with Gasteiger partial charge in [-0.05, 0) is 29.8 Å². The van der Waals surface area contributed by atoms with Crippen LogP contribution in [0, 0.1) is 0 Å². The van der Waals surface area contributed by atoms with E-state index in [4.69, 9.17) is 0 Å². The number of rotatable bonds is 4. The highest BCUT2D eigenvalue weighted by Crippen LogP contribution is 2.10. The highest BCUT2D eigenvalue weighted by atomic mass is 79.9. The van der Waals surface area contributed by atoms with Crippen molar-refractivity contribution in [1.29, 1.82) is 0 Å². The van der Waals surface area contributed by atoms with Crippen LogP contribution in [-0.2, 0) is 6.54 Å². The molecule has 0 aliphatic heterocycles. The molecule has 2 aromatic heterocycles. The first-order chi connectivity index (χ1) is 8.16. The van der Waals surface area contributed by atoms with Crippen molar-refractivity contribution in [2.24, 2.45) is 0 Å². The summed E-state index contributed by atoms with van der Waals surface area (Å²) in [5.41, 5.74) is 3.32. The molecule has 0 atom stereocenters. The van der Waals surface area contributed by atoms with E-state index in [1.807, 2.05) is 16.8 Å². The van der Waals surface area contributed by atoms with E-state index in [1.165, 1.54) is 5.57 Å². The Morgan fingerprint density at radius 3 is 3.00 bits per heavy atom. The second-order valence-corrected chi connectivity index (χ2v) is 4.91. The summed E-state index contributed by atoms with van der Waals surface area (Å²) in [6.45, 7) is 5.86. The Labute approximate surface area is 109 Å². The van der Waals surface area contributed by atoms with Crippen LogP contribution in [0.15, 0.2) is 34.8 Å². The van der Waals surface area contributed by atoms with Gasteiger partial charge in [-0.1, -0.05) is 11.6 Å². The molecule has 0 saturated heterocycles. The van der Waals surface area contributed by atoms with E-state index in [1.54, 1.807) is 6.20 Å². The molecule has 0 fully saturated rings. The summed E-state index contributed by atoms with van der Waals surface area (Å²) in [5, 5.41) is 3.36. The average Bonchev–Trinajstić information content (AvgIpc) is 2.67. The fraction of sp³-hybridized carbons (Fsp3) is 0.333. The largest absolute Gasteiger partial charge is 0.308 e. The molecule has 2 aromatic rings. The molecule has 0 aromatic carbocycles. The van der Waals surface area contributed by atoms with Gasteiger partial charge in [-0.15, -0.1) is 0 Å². The number of nitrogens with one attached hydrogen (secondary N) is 1. The predicted molar refractivity (Wildman–Crippen MR) is 71.8 cm³/mol. The third-order valence-corrected chi connectivity index (χ3v) is 2.81. The maximum Gasteiger partial charge on any atom is 0.155 e. The number of aromatic nitrogens is 3. The number of halogens is 1. The van der Waals surface area contributed by atoms with Crippen molar-refractivity contribution in [3.63, 3.8) is 0 Å². The lowest BCUT2D eigenvalue weighted by Crippen LogP contribution is -2.14. The standard InChI is InChI=1S/C12H15BrN4/c1-9(2)3-4-14-5-10-6-16-12-7-15-11(13)8-17(10)12/h3,6-8,14H,4-5H2,1-2H3. The smallest absolute Gasteiger partial charge is 0.155 e. The number of hydrogen-bond donors (Lipinski definition) is 1. The van der Waals surface area contributed by atoms with Crippen molar-refractivity contribution in [3.05, 3.63) is 40.5 Å². The van der Waals surface area contributed by atoms with Gasteiger partial charge in [-0.2, -0.15) is 0 Å². The van der Waals surface area contributed by atoms with Crippen LogP contribution in [0.3, 0.4) is 0 Å². The van der Waals surface area contributed by atoms with Crippen LogP contribution in [0.1, 0.15) is 19.5 Å².